The lowest BCUT2D eigenvalue weighted by Crippen LogP contribution is -2.28. The Morgan fingerprint density at radius 3 is 2.36 bits per heavy atom. The Bertz CT molecular complexity index is 808. The van der Waals surface area contributed by atoms with Crippen LogP contribution in [0.2, 0.25) is 0 Å². The van der Waals surface area contributed by atoms with Crippen LogP contribution in [0.5, 0.6) is 11.5 Å². The van der Waals surface area contributed by atoms with Gasteiger partial charge in [0.15, 0.2) is 5.78 Å². The molecular formula is C19H24N2O4. The molecule has 0 radical (unpaired) electrons. The number of hydrogen-bond acceptors (Lipinski definition) is 4. The average molecular weight is 344 g/mol. The monoisotopic (exact) mass is 344 g/mol. The van der Waals surface area contributed by atoms with E-state index in [2.05, 4.69) is 10.3 Å². The third-order valence-corrected chi connectivity index (χ3v) is 4.27. The van der Waals surface area contributed by atoms with Gasteiger partial charge in [-0.05, 0) is 51.5 Å². The molecule has 0 saturated heterocycles. The number of aromatic nitrogens is 1. The molecule has 1 aromatic heterocycles. The molecule has 1 heterocycles. The average Bonchev–Trinajstić information content (AvgIpc) is 2.88. The molecule has 134 valence electrons. The van der Waals surface area contributed by atoms with Gasteiger partial charge in [0.25, 0.3) is 5.91 Å². The van der Waals surface area contributed by atoms with Crippen LogP contribution in [0.4, 0.5) is 0 Å². The second-order valence-corrected chi connectivity index (χ2v) is 5.98. The minimum Gasteiger partial charge on any atom is -0.497 e. The summed E-state index contributed by atoms with van der Waals surface area (Å²) in [5, 5.41) is 2.94. The predicted molar refractivity (Wildman–Crippen MR) is 95.7 cm³/mol. The molecule has 1 atom stereocenters. The maximum Gasteiger partial charge on any atom is 0.268 e. The molecule has 2 N–H and O–H groups in total. The number of H-pyrrole nitrogens is 1. The summed E-state index contributed by atoms with van der Waals surface area (Å²) in [6, 6.07) is 5.13. The van der Waals surface area contributed by atoms with Gasteiger partial charge in [0.05, 0.1) is 20.3 Å². The minimum atomic E-state index is -0.304. The maximum absolute atomic E-state index is 12.7. The van der Waals surface area contributed by atoms with Crippen LogP contribution >= 0.6 is 0 Å². The maximum atomic E-state index is 12.7. The zero-order valence-corrected chi connectivity index (χ0v) is 15.4. The van der Waals surface area contributed by atoms with Crippen molar-refractivity contribution in [3.05, 3.63) is 46.3 Å². The molecule has 2 aromatic rings. The fourth-order valence-corrected chi connectivity index (χ4v) is 3.03. The van der Waals surface area contributed by atoms with Gasteiger partial charge in [-0.1, -0.05) is 0 Å². The molecule has 0 bridgehead atoms. The van der Waals surface area contributed by atoms with Crippen LogP contribution in [0.3, 0.4) is 0 Å². The molecule has 1 amide bonds. The zero-order valence-electron chi connectivity index (χ0n) is 15.4. The molecule has 0 fully saturated rings. The smallest absolute Gasteiger partial charge is 0.268 e. The fraction of sp³-hybridized carbons (Fsp3) is 0.368. The van der Waals surface area contributed by atoms with Crippen LogP contribution in [-0.4, -0.2) is 30.9 Å². The number of methoxy groups -OCH3 is 2. The molecule has 0 aliphatic rings. The number of carbonyl (C=O) groups is 2. The van der Waals surface area contributed by atoms with Crippen molar-refractivity contribution in [3.8, 4) is 11.5 Å². The summed E-state index contributed by atoms with van der Waals surface area (Å²) in [6.45, 7) is 6.92. The first-order valence-electron chi connectivity index (χ1n) is 8.03. The van der Waals surface area contributed by atoms with Crippen molar-refractivity contribution < 1.29 is 19.1 Å². The van der Waals surface area contributed by atoms with Crippen LogP contribution in [0.15, 0.2) is 18.2 Å². The minimum absolute atomic E-state index is 0.0622. The summed E-state index contributed by atoms with van der Waals surface area (Å²) in [5.74, 6) is 1.01. The van der Waals surface area contributed by atoms with Crippen molar-refractivity contribution >= 4 is 11.7 Å². The van der Waals surface area contributed by atoms with Crippen LogP contribution in [-0.2, 0) is 0 Å². The number of aryl methyl sites for hydroxylation is 1. The highest BCUT2D eigenvalue weighted by atomic mass is 16.5. The van der Waals surface area contributed by atoms with E-state index in [4.69, 9.17) is 9.47 Å². The fourth-order valence-electron chi connectivity index (χ4n) is 3.03. The van der Waals surface area contributed by atoms with Crippen LogP contribution in [0.25, 0.3) is 0 Å². The number of carbonyl (C=O) groups excluding carboxylic acids is 2. The standard InChI is InChI=1S/C19H24N2O4/c1-10-17(13(4)22)12(3)20-18(10)19(23)21-11(2)15-9-14(24-5)7-8-16(15)25-6/h7-9,11,20H,1-6H3,(H,21,23)/t11-/m1/s1. The molecule has 6 nitrogen and oxygen atoms in total. The molecule has 0 aliphatic carbocycles. The lowest BCUT2D eigenvalue weighted by molar-refractivity contribution is 0.0934. The van der Waals surface area contributed by atoms with Crippen molar-refractivity contribution in [1.82, 2.24) is 10.3 Å². The van der Waals surface area contributed by atoms with Crippen molar-refractivity contribution in [2.45, 2.75) is 33.7 Å². The molecule has 6 heteroatoms. The lowest BCUT2D eigenvalue weighted by Gasteiger charge is -2.18. The quantitative estimate of drug-likeness (QED) is 0.788. The van der Waals surface area contributed by atoms with Gasteiger partial charge >= 0.3 is 0 Å². The number of hydrogen-bond donors (Lipinski definition) is 2. The van der Waals surface area contributed by atoms with Gasteiger partial charge < -0.3 is 19.8 Å². The molecule has 1 aromatic carbocycles. The highest BCUT2D eigenvalue weighted by Crippen LogP contribution is 2.29. The summed E-state index contributed by atoms with van der Waals surface area (Å²) in [7, 11) is 3.17. The van der Waals surface area contributed by atoms with E-state index >= 15 is 0 Å². The van der Waals surface area contributed by atoms with Gasteiger partial charge in [-0.15, -0.1) is 0 Å². The van der Waals surface area contributed by atoms with Crippen molar-refractivity contribution in [2.75, 3.05) is 14.2 Å². The summed E-state index contributed by atoms with van der Waals surface area (Å²) >= 11 is 0. The first kappa shape index (κ1) is 18.6. The van der Waals surface area contributed by atoms with Gasteiger partial charge in [-0.3, -0.25) is 9.59 Å². The van der Waals surface area contributed by atoms with E-state index in [9.17, 15) is 9.59 Å². The molecule has 2 rings (SSSR count). The second-order valence-electron chi connectivity index (χ2n) is 5.98. The van der Waals surface area contributed by atoms with Gasteiger partial charge in [0.1, 0.15) is 17.2 Å². The van der Waals surface area contributed by atoms with E-state index in [1.54, 1.807) is 40.2 Å². The van der Waals surface area contributed by atoms with Gasteiger partial charge in [-0.2, -0.15) is 0 Å². The van der Waals surface area contributed by atoms with Crippen molar-refractivity contribution in [3.63, 3.8) is 0 Å². The Morgan fingerprint density at radius 1 is 1.16 bits per heavy atom. The van der Waals surface area contributed by atoms with Crippen LogP contribution in [0.1, 0.15) is 57.6 Å². The number of amides is 1. The third kappa shape index (κ3) is 3.68. The number of Topliss-reactive ketones (excluding diaryl/α,β-unsaturated/α-hetero) is 1. The number of benzene rings is 1. The highest BCUT2D eigenvalue weighted by Gasteiger charge is 2.22. The van der Waals surface area contributed by atoms with E-state index in [0.717, 1.165) is 5.56 Å². The number of nitrogens with one attached hydrogen (secondary N) is 2. The first-order chi connectivity index (χ1) is 11.8. The number of aromatic amines is 1. The molecule has 25 heavy (non-hydrogen) atoms. The Morgan fingerprint density at radius 2 is 1.84 bits per heavy atom. The number of rotatable bonds is 6. The van der Waals surface area contributed by atoms with E-state index < -0.39 is 0 Å². The van der Waals surface area contributed by atoms with Gasteiger partial charge in [-0.25, -0.2) is 0 Å². The van der Waals surface area contributed by atoms with Gasteiger partial charge in [0, 0.05) is 16.8 Å². The molecule has 0 unspecified atom stereocenters. The molecule has 0 aliphatic heterocycles. The van der Waals surface area contributed by atoms with Gasteiger partial charge in [0.2, 0.25) is 0 Å². The van der Waals surface area contributed by atoms with Crippen molar-refractivity contribution in [2.24, 2.45) is 0 Å². The van der Waals surface area contributed by atoms with E-state index in [-0.39, 0.29) is 17.7 Å². The number of ether oxygens (including phenoxy) is 2. The topological polar surface area (TPSA) is 80.4 Å². The SMILES string of the molecule is COc1ccc(OC)c([C@@H](C)NC(=O)c2[nH]c(C)c(C(C)=O)c2C)c1. The Labute approximate surface area is 147 Å². The molecular weight excluding hydrogens is 320 g/mol. The summed E-state index contributed by atoms with van der Waals surface area (Å²) < 4.78 is 10.6. The first-order valence-corrected chi connectivity index (χ1v) is 8.03. The Hall–Kier alpha value is -2.76. The second kappa shape index (κ2) is 7.42. The summed E-state index contributed by atoms with van der Waals surface area (Å²) in [5.41, 5.74) is 3.13. The Balaban J connectivity index is 2.30. The normalized spacial score (nSPS) is 11.8. The van der Waals surface area contributed by atoms with E-state index in [1.807, 2.05) is 13.0 Å². The van der Waals surface area contributed by atoms with Crippen LogP contribution in [0, 0.1) is 13.8 Å². The highest BCUT2D eigenvalue weighted by molar-refractivity contribution is 6.02. The number of ketones is 1. The Kier molecular flexibility index (Phi) is 5.51. The van der Waals surface area contributed by atoms with Crippen molar-refractivity contribution in [1.29, 1.82) is 0 Å². The summed E-state index contributed by atoms with van der Waals surface area (Å²) in [6.07, 6.45) is 0. The largest absolute Gasteiger partial charge is 0.497 e. The third-order valence-electron chi connectivity index (χ3n) is 4.27. The molecule has 0 spiro atoms. The van der Waals surface area contributed by atoms with E-state index in [1.165, 1.54) is 6.92 Å². The van der Waals surface area contributed by atoms with E-state index in [0.29, 0.717) is 34.0 Å². The lowest BCUT2D eigenvalue weighted by atomic mass is 10.0. The molecule has 0 saturated carbocycles. The van der Waals surface area contributed by atoms with Crippen LogP contribution < -0.4 is 14.8 Å². The summed E-state index contributed by atoms with van der Waals surface area (Å²) in [4.78, 5) is 27.4. The zero-order chi connectivity index (χ0) is 18.7. The predicted octanol–water partition coefficient (Wildman–Crippen LogP) is 3.34.